The van der Waals surface area contributed by atoms with Crippen LogP contribution in [0.25, 0.3) is 0 Å². The normalized spacial score (nSPS) is 10.1. The van der Waals surface area contributed by atoms with Gasteiger partial charge in [-0.2, -0.15) is 0 Å². The van der Waals surface area contributed by atoms with Crippen molar-refractivity contribution in [3.8, 4) is 0 Å². The minimum absolute atomic E-state index is 0.0704. The Labute approximate surface area is 110 Å². The van der Waals surface area contributed by atoms with Gasteiger partial charge in [-0.3, -0.25) is 4.79 Å². The number of ether oxygens (including phenoxy) is 1. The van der Waals surface area contributed by atoms with E-state index in [1.54, 1.807) is 6.07 Å². The predicted octanol–water partition coefficient (Wildman–Crippen LogP) is 2.22. The molecule has 0 aliphatic heterocycles. The second kappa shape index (κ2) is 7.71. The Hall–Kier alpha value is -1.56. The third kappa shape index (κ3) is 4.75. The van der Waals surface area contributed by atoms with Gasteiger partial charge in [0.15, 0.2) is 0 Å². The summed E-state index contributed by atoms with van der Waals surface area (Å²) in [5, 5.41) is 9.27. The van der Waals surface area contributed by atoms with Crippen molar-refractivity contribution in [2.45, 2.75) is 24.8 Å². The Morgan fingerprint density at radius 3 is 2.94 bits per heavy atom. The molecular formula is C12H15NO4S. The SMILES string of the molecule is CCCCOC(=O)CSc1ncccc1C(=O)O. The van der Waals surface area contributed by atoms with Crippen molar-refractivity contribution >= 4 is 23.7 Å². The molecule has 98 valence electrons. The highest BCUT2D eigenvalue weighted by Crippen LogP contribution is 2.19. The number of aromatic nitrogens is 1. The molecule has 6 heteroatoms. The van der Waals surface area contributed by atoms with Crippen molar-refractivity contribution in [1.29, 1.82) is 0 Å². The first-order valence-electron chi connectivity index (χ1n) is 5.62. The van der Waals surface area contributed by atoms with Crippen LogP contribution in [0.3, 0.4) is 0 Å². The summed E-state index contributed by atoms with van der Waals surface area (Å²) >= 11 is 1.08. The molecule has 18 heavy (non-hydrogen) atoms. The van der Waals surface area contributed by atoms with Crippen molar-refractivity contribution < 1.29 is 19.4 Å². The van der Waals surface area contributed by atoms with E-state index in [-0.39, 0.29) is 17.3 Å². The van der Waals surface area contributed by atoms with Crippen molar-refractivity contribution in [1.82, 2.24) is 4.98 Å². The van der Waals surface area contributed by atoms with Gasteiger partial charge in [-0.1, -0.05) is 25.1 Å². The van der Waals surface area contributed by atoms with Gasteiger partial charge in [0.25, 0.3) is 0 Å². The summed E-state index contributed by atoms with van der Waals surface area (Å²) in [5.41, 5.74) is 0.101. The zero-order valence-electron chi connectivity index (χ0n) is 10.1. The third-order valence-corrected chi connectivity index (χ3v) is 3.07. The minimum Gasteiger partial charge on any atom is -0.478 e. The number of carbonyl (C=O) groups is 2. The maximum atomic E-state index is 11.4. The number of aromatic carboxylic acids is 1. The van der Waals surface area contributed by atoms with Crippen LogP contribution in [0.4, 0.5) is 0 Å². The smallest absolute Gasteiger partial charge is 0.338 e. The Kier molecular flexibility index (Phi) is 6.21. The summed E-state index contributed by atoms with van der Waals surface area (Å²) in [7, 11) is 0. The van der Waals surface area contributed by atoms with Crippen LogP contribution in [0.15, 0.2) is 23.4 Å². The van der Waals surface area contributed by atoms with Gasteiger partial charge in [0, 0.05) is 6.20 Å². The first-order chi connectivity index (χ1) is 8.65. The lowest BCUT2D eigenvalue weighted by atomic mass is 10.3. The molecule has 1 aromatic rings. The van der Waals surface area contributed by atoms with Crippen LogP contribution < -0.4 is 0 Å². The molecule has 0 saturated carbocycles. The third-order valence-electron chi connectivity index (χ3n) is 2.09. The van der Waals surface area contributed by atoms with Gasteiger partial charge in [-0.25, -0.2) is 9.78 Å². The number of hydrogen-bond donors (Lipinski definition) is 1. The highest BCUT2D eigenvalue weighted by molar-refractivity contribution is 8.00. The average molecular weight is 269 g/mol. The molecule has 0 aliphatic rings. The maximum absolute atomic E-state index is 11.4. The first-order valence-corrected chi connectivity index (χ1v) is 6.60. The topological polar surface area (TPSA) is 76.5 Å². The molecular weight excluding hydrogens is 254 g/mol. The zero-order chi connectivity index (χ0) is 13.4. The van der Waals surface area contributed by atoms with Gasteiger partial charge in [0.05, 0.1) is 17.9 Å². The Balaban J connectivity index is 2.48. The van der Waals surface area contributed by atoms with E-state index >= 15 is 0 Å². The molecule has 0 unspecified atom stereocenters. The number of rotatable bonds is 7. The van der Waals surface area contributed by atoms with Crippen molar-refractivity contribution in [2.24, 2.45) is 0 Å². The molecule has 0 aliphatic carbocycles. The number of carbonyl (C=O) groups excluding carboxylic acids is 1. The molecule has 0 spiro atoms. The number of hydrogen-bond acceptors (Lipinski definition) is 5. The fraction of sp³-hybridized carbons (Fsp3) is 0.417. The van der Waals surface area contributed by atoms with Crippen LogP contribution in [0.1, 0.15) is 30.1 Å². The Morgan fingerprint density at radius 2 is 2.28 bits per heavy atom. The van der Waals surface area contributed by atoms with E-state index in [0.717, 1.165) is 24.6 Å². The molecule has 0 atom stereocenters. The van der Waals surface area contributed by atoms with Gasteiger partial charge in [-0.15, -0.1) is 0 Å². The van der Waals surface area contributed by atoms with Crippen molar-refractivity contribution in [3.05, 3.63) is 23.9 Å². The molecule has 0 aromatic carbocycles. The molecule has 1 rings (SSSR count). The predicted molar refractivity (Wildman–Crippen MR) is 67.8 cm³/mol. The summed E-state index contributed by atoms with van der Waals surface area (Å²) in [6.07, 6.45) is 3.29. The molecule has 1 heterocycles. The van der Waals surface area contributed by atoms with Gasteiger partial charge >= 0.3 is 11.9 Å². The van der Waals surface area contributed by atoms with Crippen molar-refractivity contribution in [2.75, 3.05) is 12.4 Å². The van der Waals surface area contributed by atoms with Crippen LogP contribution in [-0.2, 0) is 9.53 Å². The second-order valence-corrected chi connectivity index (χ2v) is 4.49. The summed E-state index contributed by atoms with van der Waals surface area (Å²) < 4.78 is 4.97. The highest BCUT2D eigenvalue weighted by Gasteiger charge is 2.13. The lowest BCUT2D eigenvalue weighted by molar-refractivity contribution is -0.140. The minimum atomic E-state index is -1.05. The number of esters is 1. The Bertz CT molecular complexity index is 422. The number of unbranched alkanes of at least 4 members (excludes halogenated alkanes) is 1. The lowest BCUT2D eigenvalue weighted by Gasteiger charge is -2.05. The van der Waals surface area contributed by atoms with Gasteiger partial charge in [0.2, 0.25) is 0 Å². The number of thioether (sulfide) groups is 1. The lowest BCUT2D eigenvalue weighted by Crippen LogP contribution is -2.09. The second-order valence-electron chi connectivity index (χ2n) is 3.52. The molecule has 0 saturated heterocycles. The summed E-state index contributed by atoms with van der Waals surface area (Å²) in [4.78, 5) is 26.2. The maximum Gasteiger partial charge on any atom is 0.338 e. The molecule has 5 nitrogen and oxygen atoms in total. The largest absolute Gasteiger partial charge is 0.478 e. The van der Waals surface area contributed by atoms with Crippen LogP contribution in [0, 0.1) is 0 Å². The van der Waals surface area contributed by atoms with Crippen LogP contribution >= 0.6 is 11.8 Å². The van der Waals surface area contributed by atoms with Crippen molar-refractivity contribution in [3.63, 3.8) is 0 Å². The van der Waals surface area contributed by atoms with Gasteiger partial charge in [0.1, 0.15) is 5.03 Å². The van der Waals surface area contributed by atoms with Crippen LogP contribution in [-0.4, -0.2) is 34.4 Å². The van der Waals surface area contributed by atoms with E-state index in [1.165, 1.54) is 12.3 Å². The molecule has 1 aromatic heterocycles. The van der Waals surface area contributed by atoms with Gasteiger partial charge in [-0.05, 0) is 18.6 Å². The Morgan fingerprint density at radius 1 is 1.50 bits per heavy atom. The molecule has 0 fully saturated rings. The fourth-order valence-corrected chi connectivity index (χ4v) is 1.95. The van der Waals surface area contributed by atoms with Crippen LogP contribution in [0.5, 0.6) is 0 Å². The molecule has 0 amide bonds. The molecule has 0 radical (unpaired) electrons. The molecule has 1 N–H and O–H groups in total. The summed E-state index contributed by atoms with van der Waals surface area (Å²) in [6.45, 7) is 2.42. The number of pyridine rings is 1. The zero-order valence-corrected chi connectivity index (χ0v) is 10.9. The molecule has 0 bridgehead atoms. The van der Waals surface area contributed by atoms with E-state index in [1.807, 2.05) is 6.92 Å². The number of nitrogens with zero attached hydrogens (tertiary/aromatic N) is 1. The van der Waals surface area contributed by atoms with E-state index in [0.29, 0.717) is 11.6 Å². The van der Waals surface area contributed by atoms with E-state index in [2.05, 4.69) is 4.98 Å². The highest BCUT2D eigenvalue weighted by atomic mass is 32.2. The van der Waals surface area contributed by atoms with Gasteiger partial charge < -0.3 is 9.84 Å². The average Bonchev–Trinajstić information content (AvgIpc) is 2.37. The quantitative estimate of drug-likeness (QED) is 0.464. The number of carboxylic acids is 1. The summed E-state index contributed by atoms with van der Waals surface area (Å²) in [6, 6.07) is 3.01. The van der Waals surface area contributed by atoms with Crippen LogP contribution in [0.2, 0.25) is 0 Å². The first kappa shape index (κ1) is 14.5. The summed E-state index contributed by atoms with van der Waals surface area (Å²) in [5.74, 6) is -1.33. The van der Waals surface area contributed by atoms with E-state index in [4.69, 9.17) is 9.84 Å². The monoisotopic (exact) mass is 269 g/mol. The van der Waals surface area contributed by atoms with E-state index in [9.17, 15) is 9.59 Å². The number of carboxylic acid groups (broad SMARTS) is 1. The standard InChI is InChI=1S/C12H15NO4S/c1-2-3-7-17-10(14)8-18-11-9(12(15)16)5-4-6-13-11/h4-6H,2-3,7-8H2,1H3,(H,15,16). The van der Waals surface area contributed by atoms with E-state index < -0.39 is 5.97 Å². The fourth-order valence-electron chi connectivity index (χ4n) is 1.17.